The molecule has 0 amide bonds. The molecule has 2 aromatic heterocycles. The molecule has 0 aromatic carbocycles. The molecule has 11 heteroatoms. The van der Waals surface area contributed by atoms with Crippen molar-refractivity contribution in [1.29, 1.82) is 0 Å². The van der Waals surface area contributed by atoms with Gasteiger partial charge in [-0.25, -0.2) is 23.7 Å². The van der Waals surface area contributed by atoms with E-state index in [-0.39, 0.29) is 30.5 Å². The minimum Gasteiger partial charge on any atom is -0.431 e. The van der Waals surface area contributed by atoms with Crippen LogP contribution in [-0.4, -0.2) is 53.3 Å². The Morgan fingerprint density at radius 2 is 2.03 bits per heavy atom. The van der Waals surface area contributed by atoms with Crippen molar-refractivity contribution in [3.05, 3.63) is 24.2 Å². The van der Waals surface area contributed by atoms with Crippen LogP contribution in [0, 0.1) is 0 Å². The van der Waals surface area contributed by atoms with E-state index in [0.29, 0.717) is 42.6 Å². The summed E-state index contributed by atoms with van der Waals surface area (Å²) in [6.07, 6.45) is 0.711. The highest BCUT2D eigenvalue weighted by molar-refractivity contribution is 5.66. The summed E-state index contributed by atoms with van der Waals surface area (Å²) in [4.78, 5) is 14.8. The summed E-state index contributed by atoms with van der Waals surface area (Å²) in [5.41, 5.74) is 6.35. The molecule has 4 rings (SSSR count). The van der Waals surface area contributed by atoms with Gasteiger partial charge in [0.25, 0.3) is 0 Å². The number of aromatic nitrogens is 3. The predicted molar refractivity (Wildman–Crippen MR) is 101 cm³/mol. The topological polar surface area (TPSA) is 86.4 Å². The van der Waals surface area contributed by atoms with E-state index in [0.717, 1.165) is 0 Å². The van der Waals surface area contributed by atoms with Gasteiger partial charge in [0.2, 0.25) is 5.92 Å². The molecule has 3 heterocycles. The van der Waals surface area contributed by atoms with Crippen molar-refractivity contribution in [3.63, 3.8) is 0 Å². The lowest BCUT2D eigenvalue weighted by atomic mass is 9.80. The average Bonchev–Trinajstić information content (AvgIpc) is 2.67. The van der Waals surface area contributed by atoms with Crippen molar-refractivity contribution in [2.45, 2.75) is 44.3 Å². The van der Waals surface area contributed by atoms with Crippen molar-refractivity contribution < 1.29 is 27.0 Å². The highest BCUT2D eigenvalue weighted by Gasteiger charge is 2.47. The van der Waals surface area contributed by atoms with Crippen molar-refractivity contribution in [1.82, 2.24) is 15.0 Å². The van der Waals surface area contributed by atoms with Crippen LogP contribution in [0.15, 0.2) is 18.3 Å². The standard InChI is InChI=1S/C19H21F4N5O2/c1-10-9-28(2-3-29-10)15-5-13(26-17(27-15)12-6-19(22,23)7-12)11-4-14(30-18(20)21)16(24)25-8-11/h4-5,8,10,12,18H,2-3,6-7,9H2,1H3,(H2,24,25)/t10-/m0/s1. The number of alkyl halides is 4. The zero-order valence-corrected chi connectivity index (χ0v) is 16.2. The van der Waals surface area contributed by atoms with Gasteiger partial charge in [-0.05, 0) is 13.0 Å². The van der Waals surface area contributed by atoms with Gasteiger partial charge in [-0.15, -0.1) is 0 Å². The number of nitrogen functional groups attached to an aromatic ring is 1. The second-order valence-electron chi connectivity index (χ2n) is 7.54. The van der Waals surface area contributed by atoms with E-state index in [9.17, 15) is 17.6 Å². The molecule has 2 aliphatic rings. The number of ether oxygens (including phenoxy) is 2. The van der Waals surface area contributed by atoms with E-state index in [2.05, 4.69) is 19.7 Å². The third-order valence-electron chi connectivity index (χ3n) is 5.14. The van der Waals surface area contributed by atoms with Crippen LogP contribution in [-0.2, 0) is 4.74 Å². The summed E-state index contributed by atoms with van der Waals surface area (Å²) in [5, 5.41) is 0. The Kier molecular flexibility index (Phi) is 5.39. The van der Waals surface area contributed by atoms with Gasteiger partial charge >= 0.3 is 6.61 Å². The number of nitrogens with zero attached hydrogens (tertiary/aromatic N) is 4. The molecular formula is C19H21F4N5O2. The van der Waals surface area contributed by atoms with Gasteiger partial charge in [-0.1, -0.05) is 0 Å². The number of morpholine rings is 1. The lowest BCUT2D eigenvalue weighted by Crippen LogP contribution is -2.42. The maximum atomic E-state index is 13.4. The number of anilines is 2. The molecule has 1 atom stereocenters. The van der Waals surface area contributed by atoms with Crippen LogP contribution < -0.4 is 15.4 Å². The van der Waals surface area contributed by atoms with E-state index in [1.54, 1.807) is 6.07 Å². The normalized spacial score (nSPS) is 21.5. The van der Waals surface area contributed by atoms with Crippen molar-refractivity contribution in [2.24, 2.45) is 0 Å². The number of nitrogens with two attached hydrogens (primary N) is 1. The molecule has 0 unspecified atom stereocenters. The van der Waals surface area contributed by atoms with Crippen molar-refractivity contribution >= 4 is 11.6 Å². The van der Waals surface area contributed by atoms with E-state index < -0.39 is 18.5 Å². The van der Waals surface area contributed by atoms with Crippen LogP contribution in [0.25, 0.3) is 11.3 Å². The van der Waals surface area contributed by atoms with Crippen molar-refractivity contribution in [2.75, 3.05) is 30.3 Å². The van der Waals surface area contributed by atoms with E-state index in [4.69, 9.17) is 10.5 Å². The molecule has 2 fully saturated rings. The maximum absolute atomic E-state index is 13.4. The molecule has 7 nitrogen and oxygen atoms in total. The second kappa shape index (κ2) is 7.86. The lowest BCUT2D eigenvalue weighted by molar-refractivity contribution is -0.0885. The molecular weight excluding hydrogens is 406 g/mol. The quantitative estimate of drug-likeness (QED) is 0.732. The number of halogens is 4. The van der Waals surface area contributed by atoms with Crippen LogP contribution in [0.4, 0.5) is 29.2 Å². The fourth-order valence-electron chi connectivity index (χ4n) is 3.60. The van der Waals surface area contributed by atoms with Gasteiger partial charge in [0.15, 0.2) is 11.6 Å². The summed E-state index contributed by atoms with van der Waals surface area (Å²) in [6.45, 7) is 0.539. The molecule has 0 radical (unpaired) electrons. The summed E-state index contributed by atoms with van der Waals surface area (Å²) in [6, 6.07) is 2.99. The SMILES string of the molecule is C[C@H]1CN(c2cc(-c3cnc(N)c(OC(F)F)c3)nc(C3CC(F)(F)C3)n2)CCO1. The number of pyridine rings is 1. The first-order chi connectivity index (χ1) is 14.2. The zero-order valence-electron chi connectivity index (χ0n) is 16.2. The maximum Gasteiger partial charge on any atom is 0.387 e. The molecule has 0 bridgehead atoms. The third-order valence-corrected chi connectivity index (χ3v) is 5.14. The van der Waals surface area contributed by atoms with Gasteiger partial charge in [-0.2, -0.15) is 8.78 Å². The molecule has 1 saturated heterocycles. The molecule has 1 aliphatic carbocycles. The van der Waals surface area contributed by atoms with Crippen LogP contribution in [0.2, 0.25) is 0 Å². The fraction of sp³-hybridized carbons (Fsp3) is 0.526. The summed E-state index contributed by atoms with van der Waals surface area (Å²) >= 11 is 0. The highest BCUT2D eigenvalue weighted by atomic mass is 19.3. The molecule has 2 aromatic rings. The predicted octanol–water partition coefficient (Wildman–Crippen LogP) is 3.46. The Morgan fingerprint density at radius 3 is 2.70 bits per heavy atom. The first-order valence-electron chi connectivity index (χ1n) is 9.54. The van der Waals surface area contributed by atoms with Gasteiger partial charge in [-0.3, -0.25) is 0 Å². The first kappa shape index (κ1) is 20.6. The highest BCUT2D eigenvalue weighted by Crippen LogP contribution is 2.47. The first-order valence-corrected chi connectivity index (χ1v) is 9.54. The number of hydrogen-bond donors (Lipinski definition) is 1. The Hall–Kier alpha value is -2.69. The van der Waals surface area contributed by atoms with Crippen molar-refractivity contribution in [3.8, 4) is 17.0 Å². The van der Waals surface area contributed by atoms with E-state index in [1.807, 2.05) is 11.8 Å². The minimum absolute atomic E-state index is 0.0158. The Labute approximate surface area is 170 Å². The molecule has 162 valence electrons. The second-order valence-corrected chi connectivity index (χ2v) is 7.54. The van der Waals surface area contributed by atoms with Gasteiger partial charge in [0, 0.05) is 49.7 Å². The lowest BCUT2D eigenvalue weighted by Gasteiger charge is -2.35. The summed E-state index contributed by atoms with van der Waals surface area (Å²) in [5.74, 6) is -2.81. The fourth-order valence-corrected chi connectivity index (χ4v) is 3.60. The number of hydrogen-bond acceptors (Lipinski definition) is 7. The van der Waals surface area contributed by atoms with Gasteiger partial charge < -0.3 is 20.1 Å². The summed E-state index contributed by atoms with van der Waals surface area (Å²) in [7, 11) is 0. The molecule has 1 saturated carbocycles. The third kappa shape index (κ3) is 4.40. The molecule has 1 aliphatic heterocycles. The zero-order chi connectivity index (χ0) is 21.5. The number of rotatable bonds is 5. The Balaban J connectivity index is 1.72. The molecule has 2 N–H and O–H groups in total. The van der Waals surface area contributed by atoms with Crippen LogP contribution in [0.1, 0.15) is 31.5 Å². The Bertz CT molecular complexity index is 922. The smallest absolute Gasteiger partial charge is 0.387 e. The molecule has 30 heavy (non-hydrogen) atoms. The van der Waals surface area contributed by atoms with Gasteiger partial charge in [0.1, 0.15) is 11.6 Å². The van der Waals surface area contributed by atoms with Crippen LogP contribution in [0.5, 0.6) is 5.75 Å². The van der Waals surface area contributed by atoms with E-state index in [1.165, 1.54) is 12.3 Å². The molecule has 0 spiro atoms. The van der Waals surface area contributed by atoms with Gasteiger partial charge in [0.05, 0.1) is 18.4 Å². The monoisotopic (exact) mass is 427 g/mol. The summed E-state index contributed by atoms with van der Waals surface area (Å²) < 4.78 is 62.1. The average molecular weight is 427 g/mol. The largest absolute Gasteiger partial charge is 0.431 e. The van der Waals surface area contributed by atoms with E-state index >= 15 is 0 Å². The Morgan fingerprint density at radius 1 is 1.27 bits per heavy atom. The minimum atomic E-state index is -3.06. The van der Waals surface area contributed by atoms with Crippen LogP contribution in [0.3, 0.4) is 0 Å². The van der Waals surface area contributed by atoms with Crippen LogP contribution >= 0.6 is 0 Å².